The molecule has 2 aromatic heterocycles. The topological polar surface area (TPSA) is 130 Å². The van der Waals surface area contributed by atoms with Crippen molar-refractivity contribution < 1.29 is 32.6 Å². The van der Waals surface area contributed by atoms with Crippen LogP contribution in [0.2, 0.25) is 5.02 Å². The maximum atomic E-state index is 13.4. The van der Waals surface area contributed by atoms with Crippen LogP contribution in [0.25, 0.3) is 11.0 Å². The number of aliphatic hydroxyl groups excluding tert-OH is 1. The molecule has 0 saturated carbocycles. The predicted molar refractivity (Wildman–Crippen MR) is 131 cm³/mol. The van der Waals surface area contributed by atoms with Crippen molar-refractivity contribution in [1.29, 1.82) is 0 Å². The molecule has 204 valence electrons. The quantitative estimate of drug-likeness (QED) is 0.410. The van der Waals surface area contributed by atoms with E-state index in [4.69, 9.17) is 21.4 Å². The first-order valence-corrected chi connectivity index (χ1v) is 12.1. The van der Waals surface area contributed by atoms with E-state index in [1.54, 1.807) is 31.2 Å². The molecule has 4 rings (SSSR count). The number of piperidine rings is 1. The van der Waals surface area contributed by atoms with Crippen LogP contribution in [0.5, 0.6) is 5.75 Å². The van der Waals surface area contributed by atoms with Crippen LogP contribution in [-0.4, -0.2) is 74.9 Å². The molecule has 0 atom stereocenters. The smallest absolute Gasteiger partial charge is 0.422 e. The van der Waals surface area contributed by atoms with Crippen LogP contribution in [0.15, 0.2) is 29.1 Å². The lowest BCUT2D eigenvalue weighted by Gasteiger charge is -2.32. The first-order chi connectivity index (χ1) is 18.0. The first-order valence-electron chi connectivity index (χ1n) is 11.7. The Kier molecular flexibility index (Phi) is 7.97. The van der Waals surface area contributed by atoms with Gasteiger partial charge in [0.15, 0.2) is 12.4 Å². The normalized spacial score (nSPS) is 14.6. The highest BCUT2D eigenvalue weighted by Crippen LogP contribution is 2.29. The SMILES string of the molecule is Cc1nc2[nH]c(C(=O)NC3CCN(C(=O)CO)CC3)c(OCC(F)(F)F)c2c(=O)n1Cc1ccc(Cl)cc1. The van der Waals surface area contributed by atoms with Gasteiger partial charge < -0.3 is 25.0 Å². The molecule has 1 fully saturated rings. The molecule has 38 heavy (non-hydrogen) atoms. The van der Waals surface area contributed by atoms with Gasteiger partial charge in [0.2, 0.25) is 5.91 Å². The fraction of sp³-hybridized carbons (Fsp3) is 0.417. The average Bonchev–Trinajstić information content (AvgIpc) is 3.24. The van der Waals surface area contributed by atoms with E-state index in [2.05, 4.69) is 15.3 Å². The number of aromatic nitrogens is 3. The molecular formula is C24H25ClF3N5O5. The molecule has 1 saturated heterocycles. The van der Waals surface area contributed by atoms with Crippen LogP contribution in [-0.2, 0) is 11.3 Å². The number of fused-ring (bicyclic) bond motifs is 1. The number of alkyl halides is 3. The highest BCUT2D eigenvalue weighted by molar-refractivity contribution is 6.30. The number of carbonyl (C=O) groups excluding carboxylic acids is 2. The lowest BCUT2D eigenvalue weighted by molar-refractivity contribution is -0.153. The monoisotopic (exact) mass is 555 g/mol. The van der Waals surface area contributed by atoms with Crippen molar-refractivity contribution in [2.24, 2.45) is 0 Å². The van der Waals surface area contributed by atoms with Gasteiger partial charge in [-0.3, -0.25) is 19.0 Å². The third kappa shape index (κ3) is 6.10. The van der Waals surface area contributed by atoms with E-state index in [1.807, 2.05) is 0 Å². The Labute approximate surface area is 219 Å². The van der Waals surface area contributed by atoms with E-state index in [0.29, 0.717) is 36.5 Å². The van der Waals surface area contributed by atoms with Crippen molar-refractivity contribution in [2.75, 3.05) is 26.3 Å². The summed E-state index contributed by atoms with van der Waals surface area (Å²) in [6.45, 7) is -0.105. The third-order valence-electron chi connectivity index (χ3n) is 6.24. The van der Waals surface area contributed by atoms with Crippen LogP contribution in [0.3, 0.4) is 0 Å². The number of H-pyrrole nitrogens is 1. The van der Waals surface area contributed by atoms with Crippen molar-refractivity contribution >= 4 is 34.4 Å². The fourth-order valence-corrected chi connectivity index (χ4v) is 4.43. The number of hydrogen-bond acceptors (Lipinski definition) is 6. The first kappa shape index (κ1) is 27.5. The van der Waals surface area contributed by atoms with Gasteiger partial charge in [-0.05, 0) is 37.5 Å². The number of halogens is 4. The molecule has 3 heterocycles. The number of aliphatic hydroxyl groups is 1. The van der Waals surface area contributed by atoms with E-state index < -0.39 is 42.5 Å². The Morgan fingerprint density at radius 2 is 1.89 bits per heavy atom. The van der Waals surface area contributed by atoms with Crippen LogP contribution < -0.4 is 15.6 Å². The number of nitrogens with one attached hydrogen (secondary N) is 2. The molecule has 3 N–H and O–H groups in total. The number of hydrogen-bond donors (Lipinski definition) is 3. The number of likely N-dealkylation sites (tertiary alicyclic amines) is 1. The summed E-state index contributed by atoms with van der Waals surface area (Å²) in [5.74, 6) is -1.46. The minimum absolute atomic E-state index is 0.0708. The van der Waals surface area contributed by atoms with Gasteiger partial charge in [-0.2, -0.15) is 13.2 Å². The molecule has 1 aliphatic rings. The minimum Gasteiger partial charge on any atom is -0.481 e. The second-order valence-corrected chi connectivity index (χ2v) is 9.36. The summed E-state index contributed by atoms with van der Waals surface area (Å²) in [7, 11) is 0. The lowest BCUT2D eigenvalue weighted by atomic mass is 10.0. The largest absolute Gasteiger partial charge is 0.481 e. The Morgan fingerprint density at radius 3 is 2.50 bits per heavy atom. The highest BCUT2D eigenvalue weighted by Gasteiger charge is 2.33. The van der Waals surface area contributed by atoms with Crippen molar-refractivity contribution in [3.63, 3.8) is 0 Å². The van der Waals surface area contributed by atoms with Gasteiger partial charge in [0.05, 0.1) is 6.54 Å². The zero-order valence-electron chi connectivity index (χ0n) is 20.3. The Balaban J connectivity index is 1.67. The van der Waals surface area contributed by atoms with Gasteiger partial charge in [-0.25, -0.2) is 4.98 Å². The summed E-state index contributed by atoms with van der Waals surface area (Å²) < 4.78 is 45.4. The van der Waals surface area contributed by atoms with Crippen LogP contribution in [0.4, 0.5) is 13.2 Å². The van der Waals surface area contributed by atoms with Crippen molar-refractivity contribution in [3.8, 4) is 5.75 Å². The maximum absolute atomic E-state index is 13.4. The molecule has 1 aromatic carbocycles. The van der Waals surface area contributed by atoms with Gasteiger partial charge in [-0.15, -0.1) is 0 Å². The van der Waals surface area contributed by atoms with E-state index in [9.17, 15) is 27.6 Å². The summed E-state index contributed by atoms with van der Waals surface area (Å²) in [6, 6.07) is 6.31. The molecule has 0 spiro atoms. The second-order valence-electron chi connectivity index (χ2n) is 8.92. The van der Waals surface area contributed by atoms with Gasteiger partial charge >= 0.3 is 6.18 Å². The number of nitrogens with zero attached hydrogens (tertiary/aromatic N) is 3. The van der Waals surface area contributed by atoms with Crippen molar-refractivity contribution in [1.82, 2.24) is 24.8 Å². The summed E-state index contributed by atoms with van der Waals surface area (Å²) in [4.78, 5) is 46.7. The number of aromatic amines is 1. The number of carbonyl (C=O) groups is 2. The van der Waals surface area contributed by atoms with Crippen LogP contribution in [0.1, 0.15) is 34.7 Å². The van der Waals surface area contributed by atoms with E-state index in [-0.39, 0.29) is 35.1 Å². The number of amides is 2. The van der Waals surface area contributed by atoms with E-state index in [0.717, 1.165) is 0 Å². The van der Waals surface area contributed by atoms with Gasteiger partial charge in [0, 0.05) is 24.2 Å². The second kappa shape index (κ2) is 11.0. The van der Waals surface area contributed by atoms with E-state index >= 15 is 0 Å². The molecule has 10 nitrogen and oxygen atoms in total. The Morgan fingerprint density at radius 1 is 1.24 bits per heavy atom. The van der Waals surface area contributed by atoms with Gasteiger partial charge in [-0.1, -0.05) is 23.7 Å². The standard InChI is InChI=1S/C24H25ClF3N5O5/c1-13-29-21-18(23(37)33(13)10-14-2-4-15(25)5-3-14)20(38-12-24(26,27)28)19(31-21)22(36)30-16-6-8-32(9-7-16)17(35)11-34/h2-5,16,31,34H,6-12H2,1H3,(H,30,36). The highest BCUT2D eigenvalue weighted by atomic mass is 35.5. The maximum Gasteiger partial charge on any atom is 0.422 e. The van der Waals surface area contributed by atoms with Crippen molar-refractivity contribution in [3.05, 3.63) is 56.7 Å². The molecule has 0 bridgehead atoms. The molecule has 0 radical (unpaired) electrons. The van der Waals surface area contributed by atoms with E-state index in [1.165, 1.54) is 9.47 Å². The summed E-state index contributed by atoms with van der Waals surface area (Å²) >= 11 is 5.92. The lowest BCUT2D eigenvalue weighted by Crippen LogP contribution is -2.47. The molecule has 1 aliphatic heterocycles. The number of benzene rings is 1. The van der Waals surface area contributed by atoms with Crippen LogP contribution >= 0.6 is 11.6 Å². The molecule has 2 amide bonds. The Bertz CT molecular complexity index is 1400. The van der Waals surface area contributed by atoms with Crippen LogP contribution in [0, 0.1) is 6.92 Å². The minimum atomic E-state index is -4.72. The fourth-order valence-electron chi connectivity index (χ4n) is 4.30. The van der Waals surface area contributed by atoms with Gasteiger partial charge in [0.25, 0.3) is 11.5 Å². The molecule has 0 aliphatic carbocycles. The molecule has 14 heteroatoms. The predicted octanol–water partition coefficient (Wildman–Crippen LogP) is 2.39. The number of rotatable bonds is 7. The number of ether oxygens (including phenoxy) is 1. The average molecular weight is 556 g/mol. The number of aryl methyl sites for hydroxylation is 1. The zero-order chi connectivity index (χ0) is 27.6. The summed E-state index contributed by atoms with van der Waals surface area (Å²) in [5, 5.41) is 12.0. The Hall–Kier alpha value is -3.58. The van der Waals surface area contributed by atoms with Gasteiger partial charge in [0.1, 0.15) is 29.2 Å². The van der Waals surface area contributed by atoms with Crippen molar-refractivity contribution in [2.45, 2.75) is 38.5 Å². The molecular weight excluding hydrogens is 531 g/mol. The summed E-state index contributed by atoms with van der Waals surface area (Å²) in [5.41, 5.74) is -0.402. The molecule has 3 aromatic rings. The zero-order valence-corrected chi connectivity index (χ0v) is 21.0. The molecule has 0 unspecified atom stereocenters. The third-order valence-corrected chi connectivity index (χ3v) is 6.49. The summed E-state index contributed by atoms with van der Waals surface area (Å²) in [6.07, 6.45) is -3.97.